The highest BCUT2D eigenvalue weighted by molar-refractivity contribution is 8.00. The first kappa shape index (κ1) is 23.6. The Bertz CT molecular complexity index is 1260. The predicted octanol–water partition coefficient (Wildman–Crippen LogP) is 5.69. The van der Waals surface area contributed by atoms with Gasteiger partial charge < -0.3 is 5.32 Å². The third-order valence-electron chi connectivity index (χ3n) is 5.25. The molecule has 1 aliphatic rings. The van der Waals surface area contributed by atoms with Crippen molar-refractivity contribution in [2.45, 2.75) is 29.7 Å². The van der Waals surface area contributed by atoms with E-state index in [-0.39, 0.29) is 29.5 Å². The van der Waals surface area contributed by atoms with Crippen molar-refractivity contribution in [1.29, 1.82) is 0 Å². The lowest BCUT2D eigenvalue weighted by Gasteiger charge is -2.16. The van der Waals surface area contributed by atoms with E-state index in [0.29, 0.717) is 10.6 Å². The molecule has 0 aliphatic carbocycles. The van der Waals surface area contributed by atoms with Crippen LogP contribution in [0.25, 0.3) is 0 Å². The Morgan fingerprint density at radius 2 is 1.71 bits per heavy atom. The lowest BCUT2D eigenvalue weighted by atomic mass is 10.1. The molecule has 1 aliphatic heterocycles. The highest BCUT2D eigenvalue weighted by atomic mass is 32.2. The second kappa shape index (κ2) is 9.34. The minimum atomic E-state index is -4.53. The topological polar surface area (TPSA) is 66.5 Å². The lowest BCUT2D eigenvalue weighted by Crippen LogP contribution is -2.31. The van der Waals surface area contributed by atoms with Crippen molar-refractivity contribution in [3.8, 4) is 0 Å². The van der Waals surface area contributed by atoms with Gasteiger partial charge in [0.05, 0.1) is 22.1 Å². The molecule has 0 saturated carbocycles. The highest BCUT2D eigenvalue weighted by Crippen LogP contribution is 2.36. The maximum absolute atomic E-state index is 13.0. The van der Waals surface area contributed by atoms with E-state index in [1.165, 1.54) is 18.2 Å². The van der Waals surface area contributed by atoms with Crippen LogP contribution in [0.3, 0.4) is 0 Å². The molecule has 0 bridgehead atoms. The fourth-order valence-electron chi connectivity index (χ4n) is 3.54. The molecule has 1 fully saturated rings. The Labute approximate surface area is 198 Å². The third kappa shape index (κ3) is 4.99. The number of benzene rings is 3. The number of nitrogens with one attached hydrogen (secondary N) is 1. The summed E-state index contributed by atoms with van der Waals surface area (Å²) in [6.07, 6.45) is -4.56. The Kier molecular flexibility index (Phi) is 6.47. The van der Waals surface area contributed by atoms with E-state index in [1.54, 1.807) is 30.3 Å². The molecule has 3 aromatic rings. The smallest absolute Gasteiger partial charge is 0.322 e. The van der Waals surface area contributed by atoms with Crippen molar-refractivity contribution in [2.75, 3.05) is 10.2 Å². The van der Waals surface area contributed by atoms with Crippen LogP contribution in [0.5, 0.6) is 0 Å². The van der Waals surface area contributed by atoms with Crippen molar-refractivity contribution in [3.05, 3.63) is 89.5 Å². The SMILES string of the molecule is Cc1ccc(N2C(=O)C[C@H](Sc3ccccc3C(=O)Nc3cccc(C(F)(F)F)c3)C2=O)cc1. The predicted molar refractivity (Wildman–Crippen MR) is 124 cm³/mol. The molecule has 5 nitrogen and oxygen atoms in total. The van der Waals surface area contributed by atoms with Crippen LogP contribution in [0.2, 0.25) is 0 Å². The highest BCUT2D eigenvalue weighted by Gasteiger charge is 2.40. The van der Waals surface area contributed by atoms with Crippen molar-refractivity contribution in [1.82, 2.24) is 0 Å². The van der Waals surface area contributed by atoms with Gasteiger partial charge in [-0.05, 0) is 49.4 Å². The Balaban J connectivity index is 1.53. The van der Waals surface area contributed by atoms with Crippen molar-refractivity contribution >= 4 is 40.9 Å². The molecule has 0 unspecified atom stereocenters. The zero-order valence-corrected chi connectivity index (χ0v) is 18.7. The summed E-state index contributed by atoms with van der Waals surface area (Å²) < 4.78 is 38.9. The Hall–Kier alpha value is -3.59. The number of carbonyl (C=O) groups is 3. The summed E-state index contributed by atoms with van der Waals surface area (Å²) in [7, 11) is 0. The van der Waals surface area contributed by atoms with E-state index < -0.39 is 22.9 Å². The van der Waals surface area contributed by atoms with Crippen LogP contribution in [-0.4, -0.2) is 23.0 Å². The van der Waals surface area contributed by atoms with Gasteiger partial charge in [0.25, 0.3) is 5.91 Å². The number of thioether (sulfide) groups is 1. The second-order valence-corrected chi connectivity index (χ2v) is 8.99. The molecule has 3 aromatic carbocycles. The number of rotatable bonds is 5. The molecule has 34 heavy (non-hydrogen) atoms. The maximum atomic E-state index is 13.0. The number of alkyl halides is 3. The number of amides is 3. The fraction of sp³-hybridized carbons (Fsp3) is 0.160. The van der Waals surface area contributed by atoms with Gasteiger partial charge in [0.2, 0.25) is 11.8 Å². The molecule has 4 rings (SSSR count). The Morgan fingerprint density at radius 1 is 1.00 bits per heavy atom. The molecule has 3 amide bonds. The summed E-state index contributed by atoms with van der Waals surface area (Å²) in [5.74, 6) is -1.33. The number of hydrogen-bond donors (Lipinski definition) is 1. The number of halogens is 3. The first-order chi connectivity index (χ1) is 16.1. The van der Waals surface area contributed by atoms with Crippen molar-refractivity contribution in [3.63, 3.8) is 0 Å². The molecular weight excluding hydrogens is 465 g/mol. The summed E-state index contributed by atoms with van der Waals surface area (Å²) in [5, 5.41) is 1.76. The zero-order chi connectivity index (χ0) is 24.5. The van der Waals surface area contributed by atoms with Gasteiger partial charge in [0, 0.05) is 17.0 Å². The van der Waals surface area contributed by atoms with Crippen LogP contribution in [0.4, 0.5) is 24.5 Å². The monoisotopic (exact) mass is 484 g/mol. The van der Waals surface area contributed by atoms with E-state index in [4.69, 9.17) is 0 Å². The average molecular weight is 484 g/mol. The molecule has 0 aromatic heterocycles. The fourth-order valence-corrected chi connectivity index (χ4v) is 4.73. The molecule has 1 N–H and O–H groups in total. The number of carbonyl (C=O) groups excluding carboxylic acids is 3. The molecule has 0 radical (unpaired) electrons. The van der Waals surface area contributed by atoms with E-state index >= 15 is 0 Å². The second-order valence-electron chi connectivity index (χ2n) is 7.74. The van der Waals surface area contributed by atoms with Gasteiger partial charge in [-0.2, -0.15) is 13.2 Å². The van der Waals surface area contributed by atoms with Gasteiger partial charge in [-0.1, -0.05) is 35.9 Å². The quantitative estimate of drug-likeness (QED) is 0.473. The molecule has 1 heterocycles. The average Bonchev–Trinajstić information content (AvgIpc) is 3.07. The van der Waals surface area contributed by atoms with E-state index in [1.807, 2.05) is 19.1 Å². The number of hydrogen-bond acceptors (Lipinski definition) is 4. The maximum Gasteiger partial charge on any atom is 0.416 e. The normalized spacial score (nSPS) is 16.1. The van der Waals surface area contributed by atoms with E-state index in [0.717, 1.165) is 34.4 Å². The molecule has 0 spiro atoms. The number of aryl methyl sites for hydroxylation is 1. The summed E-state index contributed by atoms with van der Waals surface area (Å²) >= 11 is 1.08. The number of anilines is 2. The number of imide groups is 1. The van der Waals surface area contributed by atoms with Crippen LogP contribution in [0.15, 0.2) is 77.7 Å². The molecule has 1 atom stereocenters. The van der Waals surface area contributed by atoms with Gasteiger partial charge in [-0.3, -0.25) is 14.4 Å². The molecule has 9 heteroatoms. The van der Waals surface area contributed by atoms with Gasteiger partial charge in [0.1, 0.15) is 0 Å². The van der Waals surface area contributed by atoms with Crippen molar-refractivity contribution < 1.29 is 27.6 Å². The summed E-state index contributed by atoms with van der Waals surface area (Å²) in [6.45, 7) is 1.90. The largest absolute Gasteiger partial charge is 0.416 e. The first-order valence-electron chi connectivity index (χ1n) is 10.3. The van der Waals surface area contributed by atoms with Crippen LogP contribution in [-0.2, 0) is 15.8 Å². The third-order valence-corrected chi connectivity index (χ3v) is 6.51. The van der Waals surface area contributed by atoms with Crippen LogP contribution in [0, 0.1) is 6.92 Å². The van der Waals surface area contributed by atoms with Gasteiger partial charge in [-0.25, -0.2) is 4.90 Å². The van der Waals surface area contributed by atoms with Crippen LogP contribution < -0.4 is 10.2 Å². The standard InChI is InChI=1S/C25H19F3N2O3S/c1-15-9-11-18(12-10-15)30-22(31)14-21(24(30)33)34-20-8-3-2-7-19(20)23(32)29-17-6-4-5-16(13-17)25(26,27)28/h2-13,21H,14H2,1H3,(H,29,32)/t21-/m0/s1. The molecule has 174 valence electrons. The van der Waals surface area contributed by atoms with Gasteiger partial charge in [-0.15, -0.1) is 11.8 Å². The summed E-state index contributed by atoms with van der Waals surface area (Å²) in [5.41, 5.74) is 0.796. The molecule has 1 saturated heterocycles. The number of nitrogens with zero attached hydrogens (tertiary/aromatic N) is 1. The molecular formula is C25H19F3N2O3S. The minimum absolute atomic E-state index is 0.00250. The summed E-state index contributed by atoms with van der Waals surface area (Å²) in [4.78, 5) is 40.0. The van der Waals surface area contributed by atoms with Crippen LogP contribution >= 0.6 is 11.8 Å². The zero-order valence-electron chi connectivity index (χ0n) is 17.9. The van der Waals surface area contributed by atoms with Crippen molar-refractivity contribution in [2.24, 2.45) is 0 Å². The van der Waals surface area contributed by atoms with Gasteiger partial charge in [0.15, 0.2) is 0 Å². The minimum Gasteiger partial charge on any atom is -0.322 e. The lowest BCUT2D eigenvalue weighted by molar-refractivity contribution is -0.137. The summed E-state index contributed by atoms with van der Waals surface area (Å²) in [6, 6.07) is 17.8. The van der Waals surface area contributed by atoms with Gasteiger partial charge >= 0.3 is 6.18 Å². The van der Waals surface area contributed by atoms with E-state index in [9.17, 15) is 27.6 Å². The first-order valence-corrected chi connectivity index (χ1v) is 11.2. The Morgan fingerprint density at radius 3 is 2.41 bits per heavy atom. The van der Waals surface area contributed by atoms with E-state index in [2.05, 4.69) is 5.32 Å². The van der Waals surface area contributed by atoms with Crippen LogP contribution in [0.1, 0.15) is 27.9 Å².